The predicted molar refractivity (Wildman–Crippen MR) is 76.3 cm³/mol. The molecule has 0 saturated carbocycles. The number of hydrogen-bond donors (Lipinski definition) is 0. The van der Waals surface area contributed by atoms with E-state index in [1.807, 2.05) is 18.2 Å². The molecule has 0 saturated heterocycles. The highest BCUT2D eigenvalue weighted by atomic mass is 35.5. The second kappa shape index (κ2) is 3.74. The minimum atomic E-state index is 0.552. The van der Waals surface area contributed by atoms with E-state index in [0.717, 1.165) is 5.52 Å². The van der Waals surface area contributed by atoms with E-state index in [0.29, 0.717) is 5.15 Å². The Labute approximate surface area is 114 Å². The fourth-order valence-electron chi connectivity index (χ4n) is 2.42. The molecule has 0 N–H and O–H groups in total. The van der Waals surface area contributed by atoms with E-state index in [2.05, 4.69) is 35.3 Å². The van der Waals surface area contributed by atoms with Gasteiger partial charge in [-0.2, -0.15) is 0 Å². The molecule has 0 amide bonds. The summed E-state index contributed by atoms with van der Waals surface area (Å²) < 4.78 is 0. The molecule has 1 nitrogen and oxygen atoms in total. The van der Waals surface area contributed by atoms with E-state index >= 15 is 0 Å². The number of nitrogens with zero attached hydrogens (tertiary/aromatic N) is 1. The maximum Gasteiger partial charge on any atom is 0.130 e. The molecule has 0 radical (unpaired) electrons. The van der Waals surface area contributed by atoms with Crippen molar-refractivity contribution in [3.8, 4) is 11.1 Å². The van der Waals surface area contributed by atoms with E-state index in [1.54, 1.807) is 11.8 Å². The Morgan fingerprint density at radius 2 is 1.72 bits per heavy atom. The summed E-state index contributed by atoms with van der Waals surface area (Å²) in [6.07, 6.45) is 0. The molecule has 3 aromatic rings. The van der Waals surface area contributed by atoms with Crippen LogP contribution < -0.4 is 0 Å². The Hall–Kier alpha value is -1.51. The molecule has 0 bridgehead atoms. The number of aromatic nitrogens is 1. The minimum absolute atomic E-state index is 0.552. The van der Waals surface area contributed by atoms with E-state index in [1.165, 1.54) is 26.3 Å². The third-order valence-corrected chi connectivity index (χ3v) is 4.49. The minimum Gasteiger partial charge on any atom is -0.236 e. The molecular weight excluding hydrogens is 262 g/mol. The first-order valence-corrected chi connectivity index (χ1v) is 6.89. The van der Waals surface area contributed by atoms with Gasteiger partial charge in [0, 0.05) is 15.2 Å². The molecule has 2 aromatic carbocycles. The quantitative estimate of drug-likeness (QED) is 0.416. The zero-order valence-corrected chi connectivity index (χ0v) is 10.9. The standard InChI is InChI=1S/C15H8ClNS/c16-14-8-10-9-4-1-2-6-12(9)18-13-7-3-5-11(17-14)15(10)13/h1-8H. The van der Waals surface area contributed by atoms with Gasteiger partial charge in [0.15, 0.2) is 0 Å². The smallest absolute Gasteiger partial charge is 0.130 e. The second-order valence-electron chi connectivity index (χ2n) is 4.24. The lowest BCUT2D eigenvalue weighted by atomic mass is 10.0. The zero-order valence-electron chi connectivity index (χ0n) is 9.35. The van der Waals surface area contributed by atoms with Crippen molar-refractivity contribution in [2.75, 3.05) is 0 Å². The van der Waals surface area contributed by atoms with Gasteiger partial charge < -0.3 is 0 Å². The number of fused-ring (bicyclic) bond motifs is 2. The van der Waals surface area contributed by atoms with Crippen LogP contribution in [-0.4, -0.2) is 4.98 Å². The monoisotopic (exact) mass is 269 g/mol. The molecule has 0 atom stereocenters. The maximum atomic E-state index is 6.13. The van der Waals surface area contributed by atoms with Crippen molar-refractivity contribution in [2.45, 2.75) is 9.79 Å². The first kappa shape index (κ1) is 10.4. The Bertz CT molecular complexity index is 783. The van der Waals surface area contributed by atoms with Gasteiger partial charge in [-0.25, -0.2) is 4.98 Å². The lowest BCUT2D eigenvalue weighted by Gasteiger charge is -2.19. The van der Waals surface area contributed by atoms with Gasteiger partial charge in [0.25, 0.3) is 0 Å². The summed E-state index contributed by atoms with van der Waals surface area (Å²) in [6.45, 7) is 0. The summed E-state index contributed by atoms with van der Waals surface area (Å²) in [5.74, 6) is 0. The van der Waals surface area contributed by atoms with Crippen LogP contribution >= 0.6 is 23.4 Å². The van der Waals surface area contributed by atoms with Crippen molar-refractivity contribution in [3.63, 3.8) is 0 Å². The highest BCUT2D eigenvalue weighted by Gasteiger charge is 2.19. The van der Waals surface area contributed by atoms with Crippen molar-refractivity contribution in [1.29, 1.82) is 0 Å². The van der Waals surface area contributed by atoms with Crippen LogP contribution in [0.5, 0.6) is 0 Å². The van der Waals surface area contributed by atoms with E-state index in [-0.39, 0.29) is 0 Å². The molecule has 4 rings (SSSR count). The Kier molecular flexibility index (Phi) is 2.16. The van der Waals surface area contributed by atoms with Crippen LogP contribution in [0.1, 0.15) is 0 Å². The van der Waals surface area contributed by atoms with Crippen molar-refractivity contribution in [3.05, 3.63) is 53.7 Å². The Morgan fingerprint density at radius 1 is 0.889 bits per heavy atom. The van der Waals surface area contributed by atoms with E-state index < -0.39 is 0 Å². The van der Waals surface area contributed by atoms with Gasteiger partial charge in [0.2, 0.25) is 0 Å². The number of hydrogen-bond acceptors (Lipinski definition) is 2. The van der Waals surface area contributed by atoms with Crippen LogP contribution in [0.15, 0.2) is 58.3 Å². The summed E-state index contributed by atoms with van der Waals surface area (Å²) in [7, 11) is 0. The fraction of sp³-hybridized carbons (Fsp3) is 0. The van der Waals surface area contributed by atoms with E-state index in [4.69, 9.17) is 11.6 Å². The van der Waals surface area contributed by atoms with Crippen molar-refractivity contribution < 1.29 is 0 Å². The molecule has 86 valence electrons. The maximum absolute atomic E-state index is 6.13. The Balaban J connectivity index is 2.22. The van der Waals surface area contributed by atoms with Gasteiger partial charge in [-0.1, -0.05) is 47.6 Å². The van der Waals surface area contributed by atoms with Crippen LogP contribution in [0, 0.1) is 0 Å². The highest BCUT2D eigenvalue weighted by molar-refractivity contribution is 7.99. The third-order valence-electron chi connectivity index (χ3n) is 3.16. The molecular formula is C15H8ClNS. The van der Waals surface area contributed by atoms with Gasteiger partial charge in [0.05, 0.1) is 5.52 Å². The lowest BCUT2D eigenvalue weighted by Crippen LogP contribution is -1.94. The fourth-order valence-corrected chi connectivity index (χ4v) is 3.75. The van der Waals surface area contributed by atoms with Crippen LogP contribution in [0.4, 0.5) is 0 Å². The summed E-state index contributed by atoms with van der Waals surface area (Å²) in [5.41, 5.74) is 3.41. The summed E-state index contributed by atoms with van der Waals surface area (Å²) >= 11 is 7.93. The average molecular weight is 270 g/mol. The first-order chi connectivity index (χ1) is 8.83. The molecule has 0 aliphatic carbocycles. The molecule has 3 heteroatoms. The van der Waals surface area contributed by atoms with Crippen LogP contribution in [-0.2, 0) is 0 Å². The molecule has 0 spiro atoms. The van der Waals surface area contributed by atoms with Crippen molar-refractivity contribution >= 4 is 34.3 Å². The SMILES string of the molecule is Clc1cc2c3c(cccc3n1)Sc1ccccc1-2. The van der Waals surface area contributed by atoms with Gasteiger partial charge in [-0.15, -0.1) is 0 Å². The molecule has 1 aliphatic rings. The normalized spacial score (nSPS) is 12.5. The van der Waals surface area contributed by atoms with Gasteiger partial charge in [-0.05, 0) is 35.4 Å². The molecule has 2 heterocycles. The third kappa shape index (κ3) is 1.39. The van der Waals surface area contributed by atoms with Crippen LogP contribution in [0.2, 0.25) is 5.15 Å². The summed E-state index contributed by atoms with van der Waals surface area (Å²) in [6, 6.07) is 16.6. The molecule has 1 aliphatic heterocycles. The Morgan fingerprint density at radius 3 is 2.67 bits per heavy atom. The van der Waals surface area contributed by atoms with Crippen molar-refractivity contribution in [1.82, 2.24) is 4.98 Å². The van der Waals surface area contributed by atoms with Gasteiger partial charge in [0.1, 0.15) is 5.15 Å². The second-order valence-corrected chi connectivity index (χ2v) is 5.71. The molecule has 1 aromatic heterocycles. The lowest BCUT2D eigenvalue weighted by molar-refractivity contribution is 1.34. The highest BCUT2D eigenvalue weighted by Crippen LogP contribution is 2.47. The number of halogens is 1. The largest absolute Gasteiger partial charge is 0.236 e. The number of benzene rings is 2. The molecule has 0 fully saturated rings. The molecule has 0 unspecified atom stereocenters. The van der Waals surface area contributed by atoms with Crippen LogP contribution in [0.25, 0.3) is 22.0 Å². The average Bonchev–Trinajstić information content (AvgIpc) is 2.38. The molecule has 18 heavy (non-hydrogen) atoms. The summed E-state index contributed by atoms with van der Waals surface area (Å²) in [4.78, 5) is 6.94. The zero-order chi connectivity index (χ0) is 12.1. The first-order valence-electron chi connectivity index (χ1n) is 5.69. The van der Waals surface area contributed by atoms with Crippen molar-refractivity contribution in [2.24, 2.45) is 0 Å². The van der Waals surface area contributed by atoms with Gasteiger partial charge in [-0.3, -0.25) is 0 Å². The number of pyridine rings is 1. The predicted octanol–water partition coefficient (Wildman–Crippen LogP) is 5.02. The van der Waals surface area contributed by atoms with E-state index in [9.17, 15) is 0 Å². The van der Waals surface area contributed by atoms with Crippen LogP contribution in [0.3, 0.4) is 0 Å². The summed E-state index contributed by atoms with van der Waals surface area (Å²) in [5, 5.41) is 1.77. The topological polar surface area (TPSA) is 12.9 Å². The van der Waals surface area contributed by atoms with Gasteiger partial charge >= 0.3 is 0 Å². The number of rotatable bonds is 0.